The van der Waals surface area contributed by atoms with E-state index >= 15 is 0 Å². The fourth-order valence-corrected chi connectivity index (χ4v) is 2.84. The molecule has 0 spiro atoms. The Kier molecular flexibility index (Phi) is 5.09. The predicted octanol–water partition coefficient (Wildman–Crippen LogP) is 4.29. The number of nitrogens with one attached hydrogen (secondary N) is 1. The molecule has 0 aliphatic rings. The molecule has 1 atom stereocenters. The summed E-state index contributed by atoms with van der Waals surface area (Å²) in [5.41, 5.74) is 1.66. The number of halogens is 3. The summed E-state index contributed by atoms with van der Waals surface area (Å²) in [6.45, 7) is 1.36. The van der Waals surface area contributed by atoms with Crippen LogP contribution in [-0.2, 0) is 0 Å². The second-order valence-corrected chi connectivity index (χ2v) is 5.99. The summed E-state index contributed by atoms with van der Waals surface area (Å²) in [7, 11) is 0. The molecule has 3 rings (SSSR count). The lowest BCUT2D eigenvalue weighted by Gasteiger charge is -2.20. The fourth-order valence-electron chi connectivity index (χ4n) is 2.84. The third-order valence-corrected chi connectivity index (χ3v) is 3.94. The number of hydrogen-bond acceptors (Lipinski definition) is 5. The molecule has 3 aromatic rings. The van der Waals surface area contributed by atoms with Crippen molar-refractivity contribution >= 4 is 16.6 Å². The van der Waals surface area contributed by atoms with Gasteiger partial charge in [-0.25, -0.2) is 4.98 Å². The molecule has 1 aromatic heterocycles. The zero-order valence-corrected chi connectivity index (χ0v) is 14.3. The molecule has 1 heterocycles. The zero-order valence-electron chi connectivity index (χ0n) is 14.3. The van der Waals surface area contributed by atoms with Gasteiger partial charge in [-0.3, -0.25) is 0 Å². The maximum absolute atomic E-state index is 12.7. The lowest BCUT2D eigenvalue weighted by molar-refractivity contribution is -0.274. The number of pyridine rings is 1. The van der Waals surface area contributed by atoms with E-state index < -0.39 is 18.2 Å². The molecule has 1 unspecified atom stereocenters. The number of aromatic hydroxyl groups is 1. The summed E-state index contributed by atoms with van der Waals surface area (Å²) in [6.07, 6.45) is -4.83. The number of ether oxygens (including phenoxy) is 1. The maximum atomic E-state index is 12.7. The highest BCUT2D eigenvalue weighted by Crippen LogP contribution is 2.34. The lowest BCUT2D eigenvalue weighted by Crippen LogP contribution is -2.18. The van der Waals surface area contributed by atoms with Gasteiger partial charge in [0.25, 0.3) is 0 Å². The van der Waals surface area contributed by atoms with Gasteiger partial charge in [0.1, 0.15) is 11.3 Å². The molecule has 2 aromatic carbocycles. The Morgan fingerprint density at radius 3 is 2.56 bits per heavy atom. The molecule has 0 bridgehead atoms. The Morgan fingerprint density at radius 2 is 1.89 bits per heavy atom. The SMILES string of the molecule is Cc1cc(NC(CO)c2cccc(O)c2)c2cccc(OC(F)(F)F)c2n1. The molecule has 0 aliphatic carbocycles. The van der Waals surface area contributed by atoms with E-state index in [0.29, 0.717) is 22.3 Å². The van der Waals surface area contributed by atoms with E-state index in [0.717, 1.165) is 0 Å². The topological polar surface area (TPSA) is 74.6 Å². The molecule has 142 valence electrons. The van der Waals surface area contributed by atoms with E-state index in [-0.39, 0.29) is 17.9 Å². The number of phenolic OH excluding ortho intramolecular Hbond substituents is 1. The summed E-state index contributed by atoms with van der Waals surface area (Å²) in [4.78, 5) is 4.17. The number of phenols is 1. The number of fused-ring (bicyclic) bond motifs is 1. The molecule has 27 heavy (non-hydrogen) atoms. The quantitative estimate of drug-likeness (QED) is 0.618. The van der Waals surface area contributed by atoms with Crippen LogP contribution in [0.2, 0.25) is 0 Å². The van der Waals surface area contributed by atoms with Gasteiger partial charge in [0, 0.05) is 16.8 Å². The largest absolute Gasteiger partial charge is 0.573 e. The van der Waals surface area contributed by atoms with Crippen molar-refractivity contribution in [1.82, 2.24) is 4.98 Å². The zero-order chi connectivity index (χ0) is 19.6. The highest BCUT2D eigenvalue weighted by Gasteiger charge is 2.32. The number of nitrogens with zero attached hydrogens (tertiary/aromatic N) is 1. The average Bonchev–Trinajstić information content (AvgIpc) is 2.59. The van der Waals surface area contributed by atoms with Gasteiger partial charge in [-0.15, -0.1) is 13.2 Å². The minimum atomic E-state index is -4.83. The van der Waals surface area contributed by atoms with Gasteiger partial charge in [0.05, 0.1) is 12.6 Å². The van der Waals surface area contributed by atoms with Crippen molar-refractivity contribution in [2.45, 2.75) is 19.3 Å². The van der Waals surface area contributed by atoms with E-state index in [1.165, 1.54) is 24.3 Å². The number of aliphatic hydroxyl groups is 1. The van der Waals surface area contributed by atoms with Crippen LogP contribution in [0, 0.1) is 6.92 Å². The van der Waals surface area contributed by atoms with Crippen LogP contribution in [-0.4, -0.2) is 28.2 Å². The molecule has 5 nitrogen and oxygen atoms in total. The van der Waals surface area contributed by atoms with Gasteiger partial charge >= 0.3 is 6.36 Å². The van der Waals surface area contributed by atoms with Gasteiger partial charge in [-0.2, -0.15) is 0 Å². The van der Waals surface area contributed by atoms with Gasteiger partial charge in [0.15, 0.2) is 5.75 Å². The van der Waals surface area contributed by atoms with Gasteiger partial charge in [-0.05, 0) is 36.8 Å². The van der Waals surface area contributed by atoms with Crippen LogP contribution in [0.15, 0.2) is 48.5 Å². The predicted molar refractivity (Wildman–Crippen MR) is 94.7 cm³/mol. The molecular formula is C19H17F3N2O3. The molecule has 0 saturated heterocycles. The van der Waals surface area contributed by atoms with Crippen molar-refractivity contribution < 1.29 is 28.1 Å². The average molecular weight is 378 g/mol. The van der Waals surface area contributed by atoms with E-state index in [1.807, 2.05) is 0 Å². The minimum Gasteiger partial charge on any atom is -0.508 e. The van der Waals surface area contributed by atoms with Gasteiger partial charge in [-0.1, -0.05) is 24.3 Å². The minimum absolute atomic E-state index is 0.0457. The summed E-state index contributed by atoms with van der Waals surface area (Å²) in [5.74, 6) is -0.353. The van der Waals surface area contributed by atoms with Crippen LogP contribution in [0.5, 0.6) is 11.5 Å². The van der Waals surface area contributed by atoms with Crippen LogP contribution < -0.4 is 10.1 Å². The van der Waals surface area contributed by atoms with E-state index in [2.05, 4.69) is 15.0 Å². The Bertz CT molecular complexity index is 961. The molecular weight excluding hydrogens is 361 g/mol. The van der Waals surface area contributed by atoms with Crippen molar-refractivity contribution in [2.24, 2.45) is 0 Å². The first-order chi connectivity index (χ1) is 12.8. The summed E-state index contributed by atoms with van der Waals surface area (Å²) in [5, 5.41) is 22.9. The highest BCUT2D eigenvalue weighted by molar-refractivity contribution is 5.95. The Morgan fingerprint density at radius 1 is 1.15 bits per heavy atom. The Balaban J connectivity index is 2.05. The number of aliphatic hydroxyl groups excluding tert-OH is 1. The van der Waals surface area contributed by atoms with Crippen LogP contribution in [0.25, 0.3) is 10.9 Å². The standard InChI is InChI=1S/C19H17F3N2O3/c1-11-8-15(24-16(10-25)12-4-2-5-13(26)9-12)14-6-3-7-17(18(14)23-11)27-19(20,21)22/h2-9,16,25-26H,10H2,1H3,(H,23,24). The second-order valence-electron chi connectivity index (χ2n) is 5.99. The first-order valence-electron chi connectivity index (χ1n) is 8.09. The Hall–Kier alpha value is -3.00. The smallest absolute Gasteiger partial charge is 0.508 e. The molecule has 0 saturated carbocycles. The van der Waals surface area contributed by atoms with Crippen LogP contribution >= 0.6 is 0 Å². The molecule has 3 N–H and O–H groups in total. The normalized spacial score (nSPS) is 12.8. The first kappa shape index (κ1) is 18.8. The van der Waals surface area contributed by atoms with E-state index in [4.69, 9.17) is 0 Å². The fraction of sp³-hybridized carbons (Fsp3) is 0.211. The van der Waals surface area contributed by atoms with Crippen molar-refractivity contribution in [3.8, 4) is 11.5 Å². The molecule has 0 radical (unpaired) electrons. The monoisotopic (exact) mass is 378 g/mol. The molecule has 0 amide bonds. The van der Waals surface area contributed by atoms with Crippen molar-refractivity contribution in [3.63, 3.8) is 0 Å². The van der Waals surface area contributed by atoms with Gasteiger partial charge in [0.2, 0.25) is 0 Å². The summed E-state index contributed by atoms with van der Waals surface area (Å²) < 4.78 is 42.1. The number of hydrogen-bond donors (Lipinski definition) is 3. The number of para-hydroxylation sites is 1. The lowest BCUT2D eigenvalue weighted by atomic mass is 10.1. The van der Waals surface area contributed by atoms with Crippen LogP contribution in [0.3, 0.4) is 0 Å². The highest BCUT2D eigenvalue weighted by atomic mass is 19.4. The van der Waals surface area contributed by atoms with Crippen LogP contribution in [0.1, 0.15) is 17.3 Å². The third-order valence-electron chi connectivity index (χ3n) is 3.94. The summed E-state index contributed by atoms with van der Waals surface area (Å²) >= 11 is 0. The number of rotatable bonds is 5. The number of aryl methyl sites for hydroxylation is 1. The van der Waals surface area contributed by atoms with E-state index in [9.17, 15) is 23.4 Å². The first-order valence-corrected chi connectivity index (χ1v) is 8.09. The number of benzene rings is 2. The van der Waals surface area contributed by atoms with Crippen molar-refractivity contribution in [1.29, 1.82) is 0 Å². The molecule has 8 heteroatoms. The Labute approximate surface area is 153 Å². The third kappa shape index (κ3) is 4.40. The van der Waals surface area contributed by atoms with E-state index in [1.54, 1.807) is 31.2 Å². The molecule has 0 fully saturated rings. The number of aromatic nitrogens is 1. The maximum Gasteiger partial charge on any atom is 0.573 e. The second kappa shape index (κ2) is 7.32. The summed E-state index contributed by atoms with van der Waals surface area (Å²) in [6, 6.07) is 11.7. The van der Waals surface area contributed by atoms with Gasteiger partial charge < -0.3 is 20.3 Å². The van der Waals surface area contributed by atoms with Crippen LogP contribution in [0.4, 0.5) is 18.9 Å². The number of alkyl halides is 3. The van der Waals surface area contributed by atoms with Crippen molar-refractivity contribution in [3.05, 3.63) is 59.8 Å². The van der Waals surface area contributed by atoms with Crippen molar-refractivity contribution in [2.75, 3.05) is 11.9 Å². The molecule has 0 aliphatic heterocycles. The number of anilines is 1.